The first-order valence-corrected chi connectivity index (χ1v) is 0.948. The normalized spacial score (nSPS) is 4.50. The van der Waals surface area contributed by atoms with E-state index in [0.717, 1.165) is 0 Å². The van der Waals surface area contributed by atoms with E-state index >= 15 is 0 Å². The van der Waals surface area contributed by atoms with Crippen LogP contribution < -0.4 is 0 Å². The van der Waals surface area contributed by atoms with Gasteiger partial charge in [-0.3, -0.25) is 0 Å². The van der Waals surface area contributed by atoms with Crippen LogP contribution in [0.2, 0.25) is 0 Å². The first-order chi connectivity index (χ1) is 3.15. The minimum absolute atomic E-state index is 0. The molecule has 0 aromatic heterocycles. The highest BCUT2D eigenvalue weighted by Gasteiger charge is 1.65. The quantitative estimate of drug-likeness (QED) is 0.189. The molecule has 46 valence electrons. The molecule has 0 aromatic rings. The monoisotopic (exact) mass is 136 g/mol. The Morgan fingerprint density at radius 2 is 1.62 bits per heavy atom. The van der Waals surface area contributed by atoms with Gasteiger partial charge in [-0.1, -0.05) is 0 Å². The highest BCUT2D eigenvalue weighted by atomic mass is 24.3. The molecule has 0 amide bonds. The average Bonchev–Trinajstić information content (AvgIpc) is 1.33. The van der Waals surface area contributed by atoms with E-state index in [9.17, 15) is 0 Å². The summed E-state index contributed by atoms with van der Waals surface area (Å²) in [7, 11) is 0. The molecule has 0 atom stereocenters. The van der Waals surface area contributed by atoms with Gasteiger partial charge in [0.2, 0.25) is 0 Å². The first-order valence-electron chi connectivity index (χ1n) is 0.948. The van der Waals surface area contributed by atoms with Crippen LogP contribution in [0, 0.1) is 15.0 Å². The SMILES string of the molecule is O=NO.O=[N+]([O-])O.[MgH2]. The van der Waals surface area contributed by atoms with E-state index in [4.69, 9.17) is 25.4 Å². The number of hydrogen-bond acceptors (Lipinski definition) is 4. The Labute approximate surface area is 59.5 Å². The third-order valence-electron chi connectivity index (χ3n) is 0. The largest absolute Gasteiger partial charge is 0.379 e. The van der Waals surface area contributed by atoms with Crippen LogP contribution in [0.3, 0.4) is 0 Å². The molecule has 0 radical (unpaired) electrons. The molecule has 8 heavy (non-hydrogen) atoms. The Kier molecular flexibility index (Phi) is 31.7. The van der Waals surface area contributed by atoms with Gasteiger partial charge in [-0.05, 0) is 0 Å². The van der Waals surface area contributed by atoms with Gasteiger partial charge in [0, 0.05) is 0 Å². The molecule has 0 heterocycles. The summed E-state index contributed by atoms with van der Waals surface area (Å²) in [6.45, 7) is 0. The molecule has 0 saturated carbocycles. The fourth-order valence-corrected chi connectivity index (χ4v) is 0. The summed E-state index contributed by atoms with van der Waals surface area (Å²) < 4.78 is 0. The van der Waals surface area contributed by atoms with Crippen LogP contribution in [0.4, 0.5) is 0 Å². The molecule has 0 spiro atoms. The van der Waals surface area contributed by atoms with Gasteiger partial charge in [0.25, 0.3) is 5.09 Å². The van der Waals surface area contributed by atoms with Crippen molar-refractivity contribution in [1.82, 2.24) is 0 Å². The fraction of sp³-hybridized carbons (Fsp3) is 0. The van der Waals surface area contributed by atoms with Crippen molar-refractivity contribution in [3.63, 3.8) is 0 Å². The van der Waals surface area contributed by atoms with Gasteiger partial charge in [-0.2, -0.15) is 0 Å². The van der Waals surface area contributed by atoms with Crippen LogP contribution >= 0.6 is 0 Å². The maximum atomic E-state index is 8.36. The van der Waals surface area contributed by atoms with Crippen LogP contribution in [-0.4, -0.2) is 38.6 Å². The van der Waals surface area contributed by atoms with Gasteiger partial charge < -0.3 is 10.4 Å². The van der Waals surface area contributed by atoms with Crippen LogP contribution in [0.1, 0.15) is 0 Å². The average molecular weight is 136 g/mol. The Morgan fingerprint density at radius 1 is 1.62 bits per heavy atom. The Bertz CT molecular complexity index is 57.4. The molecule has 0 bridgehead atoms. The summed E-state index contributed by atoms with van der Waals surface area (Å²) in [5.41, 5.74) is 0. The second kappa shape index (κ2) is 16.2. The smallest absolute Gasteiger partial charge is 0.316 e. The van der Waals surface area contributed by atoms with Gasteiger partial charge in [0.05, 0.1) is 0 Å². The Morgan fingerprint density at radius 3 is 1.62 bits per heavy atom. The highest BCUT2D eigenvalue weighted by Crippen LogP contribution is 1.38. The van der Waals surface area contributed by atoms with Crippen LogP contribution in [-0.2, 0) is 0 Å². The summed E-state index contributed by atoms with van der Waals surface area (Å²) in [5.74, 6) is 0. The minimum atomic E-state index is -1.50. The lowest BCUT2D eigenvalue weighted by atomic mass is 13.1. The maximum Gasteiger partial charge on any atom is 0.316 e. The lowest BCUT2D eigenvalue weighted by Crippen LogP contribution is -1.81. The van der Waals surface area contributed by atoms with E-state index in [-0.39, 0.29) is 23.1 Å². The van der Waals surface area contributed by atoms with Crippen molar-refractivity contribution in [2.24, 2.45) is 5.34 Å². The topological polar surface area (TPSA) is 113 Å². The first kappa shape index (κ1) is 15.7. The molecule has 0 aliphatic rings. The van der Waals surface area contributed by atoms with Crippen LogP contribution in [0.5, 0.6) is 0 Å². The summed E-state index contributed by atoms with van der Waals surface area (Å²) in [4.78, 5) is 16.5. The molecule has 7 nitrogen and oxygen atoms in total. The lowest BCUT2D eigenvalue weighted by molar-refractivity contribution is -0.742. The zero-order valence-corrected chi connectivity index (χ0v) is 3.01. The molecule has 0 aliphatic carbocycles. The molecule has 0 rings (SSSR count). The summed E-state index contributed by atoms with van der Waals surface area (Å²) in [5, 5.41) is 21.5. The molecule has 0 aromatic carbocycles. The fourth-order valence-electron chi connectivity index (χ4n) is 0. The standard InChI is InChI=1S/Mg.HNO3.HNO2.2H/c;2-1(3)4;2-1-3;;/h;(H,2,3,4);(H,2,3);;. The summed E-state index contributed by atoms with van der Waals surface area (Å²) in [6.07, 6.45) is 0. The number of hydrogen-bond donors (Lipinski definition) is 2. The molecule has 0 saturated heterocycles. The van der Waals surface area contributed by atoms with Gasteiger partial charge >= 0.3 is 23.1 Å². The predicted octanol–water partition coefficient (Wildman–Crippen LogP) is -1.12. The number of nitrogens with zero attached hydrogens (tertiary/aromatic N) is 2. The van der Waals surface area contributed by atoms with Gasteiger partial charge in [0.15, 0.2) is 5.34 Å². The third kappa shape index (κ3) is 255. The number of rotatable bonds is 0. The zero-order chi connectivity index (χ0) is 6.28. The van der Waals surface area contributed by atoms with E-state index in [0.29, 0.717) is 0 Å². The van der Waals surface area contributed by atoms with E-state index in [1.807, 2.05) is 0 Å². The Hall–Kier alpha value is -0.634. The predicted molar refractivity (Wildman–Crippen MR) is 24.9 cm³/mol. The van der Waals surface area contributed by atoms with Crippen molar-refractivity contribution < 1.29 is 15.5 Å². The lowest BCUT2D eigenvalue weighted by Gasteiger charge is -1.56. The third-order valence-corrected chi connectivity index (χ3v) is 0. The van der Waals surface area contributed by atoms with Crippen molar-refractivity contribution in [3.8, 4) is 0 Å². The van der Waals surface area contributed by atoms with Crippen molar-refractivity contribution in [1.29, 1.82) is 0 Å². The van der Waals surface area contributed by atoms with Gasteiger partial charge in [0.1, 0.15) is 0 Å². The van der Waals surface area contributed by atoms with Crippen molar-refractivity contribution in [2.75, 3.05) is 0 Å². The molecule has 0 fully saturated rings. The van der Waals surface area contributed by atoms with Crippen LogP contribution in [0.15, 0.2) is 5.34 Å². The van der Waals surface area contributed by atoms with Crippen molar-refractivity contribution >= 4 is 23.1 Å². The minimum Gasteiger partial charge on any atom is -0.379 e. The maximum absolute atomic E-state index is 8.36. The van der Waals surface area contributed by atoms with E-state index in [1.54, 1.807) is 0 Å². The van der Waals surface area contributed by atoms with Crippen molar-refractivity contribution in [3.05, 3.63) is 15.0 Å². The zero-order valence-electron chi connectivity index (χ0n) is 3.01. The molecular weight excluding hydrogens is 132 g/mol. The second-order valence-corrected chi connectivity index (χ2v) is 0.319. The van der Waals surface area contributed by atoms with Crippen molar-refractivity contribution in [2.45, 2.75) is 0 Å². The Balaban J connectivity index is -0.0000000575. The van der Waals surface area contributed by atoms with E-state index < -0.39 is 5.09 Å². The molecule has 8 heteroatoms. The molecule has 0 unspecified atom stereocenters. The van der Waals surface area contributed by atoms with E-state index in [2.05, 4.69) is 0 Å². The summed E-state index contributed by atoms with van der Waals surface area (Å²) in [6, 6.07) is 0. The van der Waals surface area contributed by atoms with E-state index in [1.165, 1.54) is 5.34 Å². The van der Waals surface area contributed by atoms with Gasteiger partial charge in [-0.25, -0.2) is 0 Å². The summed E-state index contributed by atoms with van der Waals surface area (Å²) >= 11 is 0. The van der Waals surface area contributed by atoms with Crippen LogP contribution in [0.25, 0.3) is 0 Å². The van der Waals surface area contributed by atoms with Gasteiger partial charge in [-0.15, -0.1) is 15.0 Å². The molecular formula is H4MgN2O5. The molecule has 2 N–H and O–H groups in total. The highest BCUT2D eigenvalue weighted by molar-refractivity contribution is 5.75. The second-order valence-electron chi connectivity index (χ2n) is 0.319. The molecule has 0 aliphatic heterocycles.